The number of hydrogen-bond acceptors (Lipinski definition) is 4. The predicted octanol–water partition coefficient (Wildman–Crippen LogP) is 0.829. The first-order valence-electron chi connectivity index (χ1n) is 4.54. The highest BCUT2D eigenvalue weighted by atomic mass is 16.6. The van der Waals surface area contributed by atoms with Crippen LogP contribution >= 0.6 is 0 Å². The maximum Gasteiger partial charge on any atom is 0.203 e. The van der Waals surface area contributed by atoms with Crippen LogP contribution in [0.15, 0.2) is 18.2 Å². The van der Waals surface area contributed by atoms with Gasteiger partial charge in [0.1, 0.15) is 19.8 Å². The maximum absolute atomic E-state index is 8.63. The molecule has 1 aliphatic heterocycles. The molecule has 0 spiro atoms. The van der Waals surface area contributed by atoms with Crippen molar-refractivity contribution in [2.24, 2.45) is 0 Å². The zero-order valence-corrected chi connectivity index (χ0v) is 7.73. The standard InChI is InChI=1S/C10H12O4/c11-4-5-12-8-2-1-3-9-10(8)14-7-6-13-9/h1-3,11H,4-7H2. The fraction of sp³-hybridized carbons (Fsp3) is 0.400. The Labute approximate surface area is 82.0 Å². The third-order valence-corrected chi connectivity index (χ3v) is 1.88. The van der Waals surface area contributed by atoms with Crippen LogP contribution in [0.3, 0.4) is 0 Å². The predicted molar refractivity (Wildman–Crippen MR) is 50.0 cm³/mol. The van der Waals surface area contributed by atoms with Crippen molar-refractivity contribution in [2.75, 3.05) is 26.4 Å². The smallest absolute Gasteiger partial charge is 0.203 e. The van der Waals surface area contributed by atoms with Crippen LogP contribution in [-0.4, -0.2) is 31.5 Å². The van der Waals surface area contributed by atoms with Crippen molar-refractivity contribution in [3.8, 4) is 17.2 Å². The van der Waals surface area contributed by atoms with E-state index in [0.29, 0.717) is 30.5 Å². The number of fused-ring (bicyclic) bond motifs is 1. The highest BCUT2D eigenvalue weighted by Crippen LogP contribution is 2.38. The molecule has 1 heterocycles. The van der Waals surface area contributed by atoms with Gasteiger partial charge in [-0.05, 0) is 12.1 Å². The zero-order valence-electron chi connectivity index (χ0n) is 7.73. The van der Waals surface area contributed by atoms with Crippen molar-refractivity contribution in [1.82, 2.24) is 0 Å². The molecule has 1 N–H and O–H groups in total. The number of aliphatic hydroxyl groups excluding tert-OH is 1. The number of rotatable bonds is 3. The van der Waals surface area contributed by atoms with Gasteiger partial charge in [-0.2, -0.15) is 0 Å². The summed E-state index contributed by atoms with van der Waals surface area (Å²) >= 11 is 0. The monoisotopic (exact) mass is 196 g/mol. The molecule has 0 aromatic heterocycles. The summed E-state index contributed by atoms with van der Waals surface area (Å²) in [5.41, 5.74) is 0. The minimum Gasteiger partial charge on any atom is -0.487 e. The Morgan fingerprint density at radius 2 is 2.14 bits per heavy atom. The maximum atomic E-state index is 8.63. The first-order valence-corrected chi connectivity index (χ1v) is 4.54. The quantitative estimate of drug-likeness (QED) is 0.777. The number of para-hydroxylation sites is 1. The van der Waals surface area contributed by atoms with Gasteiger partial charge < -0.3 is 19.3 Å². The summed E-state index contributed by atoms with van der Waals surface area (Å²) in [6, 6.07) is 5.46. The molecule has 14 heavy (non-hydrogen) atoms. The van der Waals surface area contributed by atoms with Crippen LogP contribution in [0, 0.1) is 0 Å². The van der Waals surface area contributed by atoms with Gasteiger partial charge in [-0.25, -0.2) is 0 Å². The lowest BCUT2D eigenvalue weighted by atomic mass is 10.3. The minimum atomic E-state index is -0.00940. The van der Waals surface area contributed by atoms with Gasteiger partial charge >= 0.3 is 0 Å². The molecular weight excluding hydrogens is 184 g/mol. The van der Waals surface area contributed by atoms with Gasteiger partial charge in [0.25, 0.3) is 0 Å². The van der Waals surface area contributed by atoms with Crippen molar-refractivity contribution >= 4 is 0 Å². The summed E-state index contributed by atoms with van der Waals surface area (Å²) in [7, 11) is 0. The zero-order chi connectivity index (χ0) is 9.80. The van der Waals surface area contributed by atoms with Crippen molar-refractivity contribution in [3.63, 3.8) is 0 Å². The number of hydrogen-bond donors (Lipinski definition) is 1. The van der Waals surface area contributed by atoms with Crippen LogP contribution in [0.5, 0.6) is 17.2 Å². The Kier molecular flexibility index (Phi) is 2.74. The van der Waals surface area contributed by atoms with Crippen molar-refractivity contribution in [3.05, 3.63) is 18.2 Å². The molecule has 0 saturated carbocycles. The largest absolute Gasteiger partial charge is 0.487 e. The van der Waals surface area contributed by atoms with E-state index in [1.54, 1.807) is 6.07 Å². The van der Waals surface area contributed by atoms with Crippen LogP contribution in [0.25, 0.3) is 0 Å². The summed E-state index contributed by atoms with van der Waals surface area (Å²) < 4.78 is 16.1. The van der Waals surface area contributed by atoms with E-state index in [1.807, 2.05) is 12.1 Å². The van der Waals surface area contributed by atoms with E-state index in [9.17, 15) is 0 Å². The molecule has 1 aliphatic rings. The molecule has 2 rings (SSSR count). The lowest BCUT2D eigenvalue weighted by molar-refractivity contribution is 0.154. The molecule has 1 aromatic rings. The van der Waals surface area contributed by atoms with Crippen LogP contribution < -0.4 is 14.2 Å². The van der Waals surface area contributed by atoms with Gasteiger partial charge in [0.15, 0.2) is 11.5 Å². The molecule has 1 aromatic carbocycles. The van der Waals surface area contributed by atoms with Gasteiger partial charge in [-0.3, -0.25) is 0 Å². The van der Waals surface area contributed by atoms with Gasteiger partial charge in [-0.1, -0.05) is 6.07 Å². The second-order valence-electron chi connectivity index (χ2n) is 2.85. The van der Waals surface area contributed by atoms with Gasteiger partial charge in [-0.15, -0.1) is 0 Å². The topological polar surface area (TPSA) is 47.9 Å². The molecule has 0 fully saturated rings. The van der Waals surface area contributed by atoms with E-state index in [4.69, 9.17) is 19.3 Å². The van der Waals surface area contributed by atoms with E-state index < -0.39 is 0 Å². The number of ether oxygens (including phenoxy) is 3. The lowest BCUT2D eigenvalue weighted by Crippen LogP contribution is -2.16. The molecule has 0 amide bonds. The second kappa shape index (κ2) is 4.19. The fourth-order valence-corrected chi connectivity index (χ4v) is 1.32. The molecule has 0 radical (unpaired) electrons. The Balaban J connectivity index is 2.21. The van der Waals surface area contributed by atoms with Gasteiger partial charge in [0.05, 0.1) is 6.61 Å². The lowest BCUT2D eigenvalue weighted by Gasteiger charge is -2.20. The summed E-state index contributed by atoms with van der Waals surface area (Å²) in [4.78, 5) is 0. The van der Waals surface area contributed by atoms with Crippen LogP contribution in [0.1, 0.15) is 0 Å². The highest BCUT2D eigenvalue weighted by Gasteiger charge is 2.16. The van der Waals surface area contributed by atoms with Crippen molar-refractivity contribution in [1.29, 1.82) is 0 Å². The Morgan fingerprint density at radius 1 is 1.29 bits per heavy atom. The Hall–Kier alpha value is -1.42. The summed E-state index contributed by atoms with van der Waals surface area (Å²) in [6.45, 7) is 1.35. The third kappa shape index (κ3) is 1.75. The molecular formula is C10H12O4. The Bertz CT molecular complexity index is 311. The minimum absolute atomic E-state index is 0.00940. The molecule has 0 unspecified atom stereocenters. The van der Waals surface area contributed by atoms with Crippen molar-refractivity contribution in [2.45, 2.75) is 0 Å². The number of aliphatic hydroxyl groups is 1. The van der Waals surface area contributed by atoms with Crippen LogP contribution in [0.4, 0.5) is 0 Å². The van der Waals surface area contributed by atoms with E-state index >= 15 is 0 Å². The van der Waals surface area contributed by atoms with Gasteiger partial charge in [0.2, 0.25) is 5.75 Å². The molecule has 0 saturated heterocycles. The first-order chi connectivity index (χ1) is 6.92. The second-order valence-corrected chi connectivity index (χ2v) is 2.85. The van der Waals surface area contributed by atoms with E-state index in [0.717, 1.165) is 0 Å². The SMILES string of the molecule is OCCOc1cccc2c1OCCO2. The first kappa shape index (κ1) is 9.15. The molecule has 76 valence electrons. The molecule has 4 nitrogen and oxygen atoms in total. The normalized spacial score (nSPS) is 13.8. The average Bonchev–Trinajstić information content (AvgIpc) is 2.26. The molecule has 0 atom stereocenters. The molecule has 4 heteroatoms. The summed E-state index contributed by atoms with van der Waals surface area (Å²) in [6.07, 6.45) is 0. The van der Waals surface area contributed by atoms with E-state index in [1.165, 1.54) is 0 Å². The van der Waals surface area contributed by atoms with Crippen molar-refractivity contribution < 1.29 is 19.3 Å². The molecule has 0 bridgehead atoms. The van der Waals surface area contributed by atoms with E-state index in [-0.39, 0.29) is 13.2 Å². The number of benzene rings is 1. The summed E-state index contributed by atoms with van der Waals surface area (Å²) in [5, 5.41) is 8.63. The van der Waals surface area contributed by atoms with Crippen LogP contribution in [0.2, 0.25) is 0 Å². The fourth-order valence-electron chi connectivity index (χ4n) is 1.32. The molecule has 0 aliphatic carbocycles. The Morgan fingerprint density at radius 3 is 3.00 bits per heavy atom. The third-order valence-electron chi connectivity index (χ3n) is 1.88. The average molecular weight is 196 g/mol. The summed E-state index contributed by atoms with van der Waals surface area (Å²) in [5.74, 6) is 1.95. The highest BCUT2D eigenvalue weighted by molar-refractivity contribution is 5.51. The van der Waals surface area contributed by atoms with Gasteiger partial charge in [0, 0.05) is 0 Å². The van der Waals surface area contributed by atoms with E-state index in [2.05, 4.69) is 0 Å². The van der Waals surface area contributed by atoms with Crippen LogP contribution in [-0.2, 0) is 0 Å².